The highest BCUT2D eigenvalue weighted by molar-refractivity contribution is 7.98. The third-order valence-electron chi connectivity index (χ3n) is 4.77. The van der Waals surface area contributed by atoms with Crippen LogP contribution in [0.2, 0.25) is 0 Å². The predicted molar refractivity (Wildman–Crippen MR) is 118 cm³/mol. The van der Waals surface area contributed by atoms with E-state index >= 15 is 0 Å². The minimum Gasteiger partial charge on any atom is -0.409 e. The molecule has 0 unspecified atom stereocenters. The van der Waals surface area contributed by atoms with Gasteiger partial charge in [-0.2, -0.15) is 10.2 Å². The van der Waals surface area contributed by atoms with Crippen LogP contribution in [0.4, 0.5) is 0 Å². The molecular weight excluding hydrogens is 412 g/mol. The first-order valence-corrected chi connectivity index (χ1v) is 10.6. The number of nitrogens with zero attached hydrogens (tertiary/aromatic N) is 6. The van der Waals surface area contributed by atoms with Crippen LogP contribution in [0.5, 0.6) is 0 Å². The molecule has 0 atom stereocenters. The van der Waals surface area contributed by atoms with Crippen molar-refractivity contribution in [2.75, 3.05) is 0 Å². The van der Waals surface area contributed by atoms with E-state index in [2.05, 4.69) is 20.4 Å². The van der Waals surface area contributed by atoms with Gasteiger partial charge in [-0.1, -0.05) is 60.3 Å². The highest BCUT2D eigenvalue weighted by atomic mass is 32.2. The van der Waals surface area contributed by atoms with E-state index in [0.717, 1.165) is 11.1 Å². The summed E-state index contributed by atoms with van der Waals surface area (Å²) in [5, 5.41) is 18.8. The first kappa shape index (κ1) is 19.3. The highest BCUT2D eigenvalue weighted by Gasteiger charge is 2.18. The molecule has 0 aliphatic heterocycles. The van der Waals surface area contributed by atoms with Crippen LogP contribution >= 0.6 is 11.8 Å². The Morgan fingerprint density at radius 3 is 2.52 bits per heavy atom. The molecule has 3 heterocycles. The van der Waals surface area contributed by atoms with Gasteiger partial charge >= 0.3 is 0 Å². The van der Waals surface area contributed by atoms with Crippen molar-refractivity contribution >= 4 is 22.5 Å². The zero-order valence-corrected chi connectivity index (χ0v) is 17.5. The lowest BCUT2D eigenvalue weighted by Crippen LogP contribution is -2.24. The van der Waals surface area contributed by atoms with Crippen molar-refractivity contribution < 1.29 is 4.42 Å². The molecule has 0 aliphatic rings. The molecule has 5 aromatic rings. The number of aromatic nitrogens is 6. The van der Waals surface area contributed by atoms with Crippen LogP contribution < -0.4 is 5.56 Å². The minimum absolute atomic E-state index is 0.158. The minimum atomic E-state index is -0.158. The number of thioether (sulfide) groups is 1. The molecule has 2 aromatic carbocycles. The number of hydrogen-bond donors (Lipinski definition) is 0. The molecule has 0 saturated carbocycles. The first-order chi connectivity index (χ1) is 15.2. The first-order valence-electron chi connectivity index (χ1n) is 9.65. The normalized spacial score (nSPS) is 11.3. The molecule has 3 aromatic heterocycles. The van der Waals surface area contributed by atoms with E-state index in [4.69, 9.17) is 4.42 Å². The summed E-state index contributed by atoms with van der Waals surface area (Å²) in [7, 11) is 1.88. The number of benzene rings is 2. The van der Waals surface area contributed by atoms with Crippen LogP contribution in [0, 0.1) is 0 Å². The zero-order valence-electron chi connectivity index (χ0n) is 16.7. The van der Waals surface area contributed by atoms with Gasteiger partial charge < -0.3 is 4.42 Å². The number of aryl methyl sites for hydroxylation is 1. The third kappa shape index (κ3) is 3.99. The molecule has 8 nitrogen and oxygen atoms in total. The van der Waals surface area contributed by atoms with E-state index in [1.54, 1.807) is 16.9 Å². The zero-order chi connectivity index (χ0) is 21.2. The van der Waals surface area contributed by atoms with Crippen molar-refractivity contribution in [2.24, 2.45) is 7.05 Å². The van der Waals surface area contributed by atoms with E-state index in [1.807, 2.05) is 61.8 Å². The lowest BCUT2D eigenvalue weighted by molar-refractivity contribution is 0.462. The summed E-state index contributed by atoms with van der Waals surface area (Å²) in [5.41, 5.74) is 2.38. The summed E-state index contributed by atoms with van der Waals surface area (Å²) in [6.45, 7) is 0.355. The van der Waals surface area contributed by atoms with Crippen molar-refractivity contribution in [1.82, 2.24) is 29.8 Å². The molecule has 0 aliphatic carbocycles. The second-order valence-corrected chi connectivity index (χ2v) is 7.95. The van der Waals surface area contributed by atoms with Gasteiger partial charge in [-0.25, -0.2) is 4.68 Å². The van der Waals surface area contributed by atoms with Crippen molar-refractivity contribution in [2.45, 2.75) is 17.5 Å². The van der Waals surface area contributed by atoms with E-state index in [9.17, 15) is 4.79 Å². The molecule has 0 amide bonds. The van der Waals surface area contributed by atoms with Gasteiger partial charge in [-0.3, -0.25) is 9.48 Å². The van der Waals surface area contributed by atoms with Crippen LogP contribution in [0.3, 0.4) is 0 Å². The maximum atomic E-state index is 13.0. The number of fused-ring (bicyclic) bond motifs is 1. The Hall–Kier alpha value is -3.72. The van der Waals surface area contributed by atoms with E-state index in [0.29, 0.717) is 34.0 Å². The fourth-order valence-electron chi connectivity index (χ4n) is 3.31. The molecule has 0 fully saturated rings. The SMILES string of the molecule is Cn1cc(CSc2nnc(-c3nn(Cc4ccccc4)c(=O)c4ccccc34)o2)cn1. The predicted octanol–water partition coefficient (Wildman–Crippen LogP) is 3.52. The molecule has 0 bridgehead atoms. The molecule has 31 heavy (non-hydrogen) atoms. The van der Waals surface area contributed by atoms with Gasteiger partial charge in [0.15, 0.2) is 5.69 Å². The van der Waals surface area contributed by atoms with Gasteiger partial charge in [0.1, 0.15) is 0 Å². The van der Waals surface area contributed by atoms with Gasteiger partial charge in [0.05, 0.1) is 18.1 Å². The molecule has 0 radical (unpaired) electrons. The summed E-state index contributed by atoms with van der Waals surface area (Å²) in [6, 6.07) is 17.1. The summed E-state index contributed by atoms with van der Waals surface area (Å²) in [4.78, 5) is 13.0. The molecular formula is C22H18N6O2S. The van der Waals surface area contributed by atoms with E-state index in [1.165, 1.54) is 16.4 Å². The van der Waals surface area contributed by atoms with Gasteiger partial charge in [-0.05, 0) is 11.6 Å². The molecule has 0 N–H and O–H groups in total. The van der Waals surface area contributed by atoms with Crippen LogP contribution in [0.1, 0.15) is 11.1 Å². The quantitative estimate of drug-likeness (QED) is 0.381. The van der Waals surface area contributed by atoms with Crippen LogP contribution in [-0.2, 0) is 19.3 Å². The Labute approximate surface area is 181 Å². The summed E-state index contributed by atoms with van der Waals surface area (Å²) in [5.74, 6) is 0.948. The Morgan fingerprint density at radius 1 is 0.968 bits per heavy atom. The third-order valence-corrected chi connectivity index (χ3v) is 5.66. The summed E-state index contributed by atoms with van der Waals surface area (Å²) >= 11 is 1.43. The number of hydrogen-bond acceptors (Lipinski definition) is 7. The number of rotatable bonds is 6. The Morgan fingerprint density at radius 2 is 1.74 bits per heavy atom. The van der Waals surface area contributed by atoms with Crippen molar-refractivity contribution in [3.8, 4) is 11.6 Å². The topological polar surface area (TPSA) is 91.6 Å². The lowest BCUT2D eigenvalue weighted by Gasteiger charge is -2.09. The van der Waals surface area contributed by atoms with Crippen LogP contribution in [-0.4, -0.2) is 29.8 Å². The largest absolute Gasteiger partial charge is 0.409 e. The Balaban J connectivity index is 1.51. The molecule has 5 rings (SSSR count). The van der Waals surface area contributed by atoms with Gasteiger partial charge in [0.2, 0.25) is 0 Å². The van der Waals surface area contributed by atoms with Crippen molar-refractivity contribution in [3.63, 3.8) is 0 Å². The van der Waals surface area contributed by atoms with Gasteiger partial charge in [0.25, 0.3) is 16.7 Å². The van der Waals surface area contributed by atoms with E-state index in [-0.39, 0.29) is 11.4 Å². The second-order valence-electron chi connectivity index (χ2n) is 7.03. The molecule has 0 saturated heterocycles. The lowest BCUT2D eigenvalue weighted by atomic mass is 10.1. The monoisotopic (exact) mass is 430 g/mol. The smallest absolute Gasteiger partial charge is 0.277 e. The Kier molecular flexibility index (Phi) is 5.09. The Bertz CT molecular complexity index is 1410. The maximum absolute atomic E-state index is 13.0. The summed E-state index contributed by atoms with van der Waals surface area (Å²) in [6.07, 6.45) is 3.75. The van der Waals surface area contributed by atoms with E-state index < -0.39 is 0 Å². The van der Waals surface area contributed by atoms with Crippen molar-refractivity contribution in [3.05, 3.63) is 88.5 Å². The van der Waals surface area contributed by atoms with Gasteiger partial charge in [0, 0.05) is 29.9 Å². The fourth-order valence-corrected chi connectivity index (χ4v) is 3.99. The van der Waals surface area contributed by atoms with Crippen LogP contribution in [0.15, 0.2) is 81.4 Å². The standard InChI is InChI=1S/C22H18N6O2S/c1-27-12-16(11-23-27)14-31-22-25-24-20(30-22)19-17-9-5-6-10-18(17)21(29)28(26-19)13-15-7-3-2-4-8-15/h2-12H,13-14H2,1H3. The highest BCUT2D eigenvalue weighted by Crippen LogP contribution is 2.28. The molecule has 9 heteroatoms. The average molecular weight is 430 g/mol. The van der Waals surface area contributed by atoms with Gasteiger partial charge in [-0.15, -0.1) is 10.2 Å². The average Bonchev–Trinajstić information content (AvgIpc) is 3.44. The summed E-state index contributed by atoms with van der Waals surface area (Å²) < 4.78 is 9.08. The van der Waals surface area contributed by atoms with Crippen molar-refractivity contribution in [1.29, 1.82) is 0 Å². The fraction of sp³-hybridized carbons (Fsp3) is 0.136. The maximum Gasteiger partial charge on any atom is 0.277 e. The van der Waals surface area contributed by atoms with Crippen LogP contribution in [0.25, 0.3) is 22.4 Å². The molecule has 154 valence electrons. The molecule has 0 spiro atoms. The second kappa shape index (κ2) is 8.19.